The topological polar surface area (TPSA) is 26.3 Å². The van der Waals surface area contributed by atoms with Crippen molar-refractivity contribution in [2.75, 3.05) is 0 Å². The standard InChI is InChI=1S/C14H19O2/c1-11(15)16-14(5,13(2,3)4)12-9-7-6-8-10-12/h6-10H,1H2,2-5H3. The zero-order valence-corrected chi connectivity index (χ0v) is 10.4. The molecule has 1 rings (SSSR count). The Hall–Kier alpha value is -1.31. The van der Waals surface area contributed by atoms with Crippen LogP contribution in [0.2, 0.25) is 0 Å². The lowest BCUT2D eigenvalue weighted by Gasteiger charge is -2.41. The van der Waals surface area contributed by atoms with Crippen LogP contribution in [-0.4, -0.2) is 5.97 Å². The number of ether oxygens (including phenoxy) is 1. The van der Waals surface area contributed by atoms with Gasteiger partial charge in [-0.15, -0.1) is 0 Å². The van der Waals surface area contributed by atoms with E-state index in [-0.39, 0.29) is 5.41 Å². The fourth-order valence-corrected chi connectivity index (χ4v) is 1.63. The maximum Gasteiger partial charge on any atom is 0.307 e. The molecule has 1 aromatic carbocycles. The molecular formula is C14H19O2. The Morgan fingerprint density at radius 2 is 1.62 bits per heavy atom. The molecule has 1 atom stereocenters. The molecule has 1 radical (unpaired) electrons. The van der Waals surface area contributed by atoms with Gasteiger partial charge in [0.25, 0.3) is 0 Å². The molecule has 0 saturated carbocycles. The lowest BCUT2D eigenvalue weighted by atomic mass is 9.73. The molecule has 87 valence electrons. The van der Waals surface area contributed by atoms with E-state index in [4.69, 9.17) is 4.74 Å². The molecule has 0 fully saturated rings. The molecule has 1 aromatic rings. The van der Waals surface area contributed by atoms with Gasteiger partial charge in [-0.3, -0.25) is 4.79 Å². The highest BCUT2D eigenvalue weighted by Crippen LogP contribution is 2.42. The van der Waals surface area contributed by atoms with E-state index in [1.165, 1.54) is 0 Å². The summed E-state index contributed by atoms with van der Waals surface area (Å²) in [5.41, 5.74) is 0.133. The largest absolute Gasteiger partial charge is 0.454 e. The average Bonchev–Trinajstić information content (AvgIpc) is 2.16. The van der Waals surface area contributed by atoms with E-state index in [0.717, 1.165) is 5.56 Å². The lowest BCUT2D eigenvalue weighted by Crippen LogP contribution is -2.41. The molecule has 0 N–H and O–H groups in total. The van der Waals surface area contributed by atoms with Gasteiger partial charge in [0.1, 0.15) is 5.60 Å². The number of carbonyl (C=O) groups is 1. The SMILES string of the molecule is [CH2]C(=O)OC(C)(c1ccccc1)C(C)(C)C. The highest BCUT2D eigenvalue weighted by Gasteiger charge is 2.42. The molecule has 0 aromatic heterocycles. The Bertz CT molecular complexity index is 362. The quantitative estimate of drug-likeness (QED) is 0.713. The predicted molar refractivity (Wildman–Crippen MR) is 64.7 cm³/mol. The van der Waals surface area contributed by atoms with Gasteiger partial charge in [-0.25, -0.2) is 0 Å². The molecule has 0 saturated heterocycles. The van der Waals surface area contributed by atoms with Gasteiger partial charge in [-0.05, 0) is 12.5 Å². The number of hydrogen-bond donors (Lipinski definition) is 0. The van der Waals surface area contributed by atoms with Crippen LogP contribution in [-0.2, 0) is 15.1 Å². The predicted octanol–water partition coefficient (Wildman–Crippen LogP) is 3.33. The first kappa shape index (κ1) is 12.8. The van der Waals surface area contributed by atoms with Crippen molar-refractivity contribution in [3.05, 3.63) is 42.8 Å². The van der Waals surface area contributed by atoms with E-state index in [1.807, 2.05) is 58.0 Å². The van der Waals surface area contributed by atoms with Crippen LogP contribution in [0.1, 0.15) is 33.3 Å². The van der Waals surface area contributed by atoms with Crippen molar-refractivity contribution >= 4 is 5.97 Å². The third kappa shape index (κ3) is 2.43. The molecule has 0 amide bonds. The summed E-state index contributed by atoms with van der Waals surface area (Å²) in [6.45, 7) is 11.4. The van der Waals surface area contributed by atoms with E-state index in [1.54, 1.807) is 0 Å². The lowest BCUT2D eigenvalue weighted by molar-refractivity contribution is -0.166. The monoisotopic (exact) mass is 219 g/mol. The second-order valence-corrected chi connectivity index (χ2v) is 5.12. The van der Waals surface area contributed by atoms with Gasteiger partial charge in [0, 0.05) is 5.41 Å². The van der Waals surface area contributed by atoms with Crippen LogP contribution in [0, 0.1) is 12.3 Å². The Morgan fingerprint density at radius 1 is 1.12 bits per heavy atom. The Morgan fingerprint density at radius 3 is 2.00 bits per heavy atom. The fourth-order valence-electron chi connectivity index (χ4n) is 1.63. The Balaban J connectivity index is 3.21. The summed E-state index contributed by atoms with van der Waals surface area (Å²) >= 11 is 0. The zero-order valence-electron chi connectivity index (χ0n) is 10.4. The second kappa shape index (κ2) is 4.28. The molecule has 16 heavy (non-hydrogen) atoms. The summed E-state index contributed by atoms with van der Waals surface area (Å²) < 4.78 is 5.44. The first-order valence-corrected chi connectivity index (χ1v) is 5.38. The molecule has 0 aliphatic carbocycles. The van der Waals surface area contributed by atoms with E-state index in [2.05, 4.69) is 6.92 Å². The first-order chi connectivity index (χ1) is 7.27. The average molecular weight is 219 g/mol. The number of benzene rings is 1. The molecule has 1 unspecified atom stereocenters. The van der Waals surface area contributed by atoms with Crippen molar-refractivity contribution < 1.29 is 9.53 Å². The van der Waals surface area contributed by atoms with Crippen LogP contribution in [0.25, 0.3) is 0 Å². The van der Waals surface area contributed by atoms with Crippen molar-refractivity contribution in [3.8, 4) is 0 Å². The van der Waals surface area contributed by atoms with E-state index in [0.29, 0.717) is 0 Å². The molecule has 0 aliphatic heterocycles. The van der Waals surface area contributed by atoms with E-state index < -0.39 is 11.6 Å². The summed E-state index contributed by atoms with van der Waals surface area (Å²) in [5, 5.41) is 0. The highest BCUT2D eigenvalue weighted by atomic mass is 16.6. The highest BCUT2D eigenvalue weighted by molar-refractivity contribution is 5.74. The smallest absolute Gasteiger partial charge is 0.307 e. The van der Waals surface area contributed by atoms with Crippen molar-refractivity contribution in [1.29, 1.82) is 0 Å². The molecule has 2 nitrogen and oxygen atoms in total. The fraction of sp³-hybridized carbons (Fsp3) is 0.429. The van der Waals surface area contributed by atoms with Gasteiger partial charge in [-0.1, -0.05) is 51.1 Å². The third-order valence-electron chi connectivity index (χ3n) is 3.07. The maximum atomic E-state index is 11.1. The molecule has 0 heterocycles. The van der Waals surface area contributed by atoms with Crippen molar-refractivity contribution in [3.63, 3.8) is 0 Å². The Labute approximate surface area is 97.6 Å². The van der Waals surface area contributed by atoms with E-state index >= 15 is 0 Å². The van der Waals surface area contributed by atoms with Crippen LogP contribution >= 0.6 is 0 Å². The summed E-state index contributed by atoms with van der Waals surface area (Å²) in [6.07, 6.45) is 0. The van der Waals surface area contributed by atoms with Crippen LogP contribution in [0.15, 0.2) is 30.3 Å². The number of hydrogen-bond acceptors (Lipinski definition) is 2. The van der Waals surface area contributed by atoms with Crippen molar-refractivity contribution in [1.82, 2.24) is 0 Å². The molecule has 0 bridgehead atoms. The molecule has 0 aliphatic rings. The minimum Gasteiger partial charge on any atom is -0.454 e. The van der Waals surface area contributed by atoms with Gasteiger partial charge >= 0.3 is 5.97 Å². The number of carbonyl (C=O) groups excluding carboxylic acids is 1. The summed E-state index contributed by atoms with van der Waals surface area (Å²) in [7, 11) is 0. The van der Waals surface area contributed by atoms with Gasteiger partial charge in [0.15, 0.2) is 0 Å². The van der Waals surface area contributed by atoms with Gasteiger partial charge < -0.3 is 4.74 Å². The summed E-state index contributed by atoms with van der Waals surface area (Å²) in [5.74, 6) is -0.499. The first-order valence-electron chi connectivity index (χ1n) is 5.38. The van der Waals surface area contributed by atoms with Gasteiger partial charge in [-0.2, -0.15) is 0 Å². The minimum absolute atomic E-state index is 0.193. The van der Waals surface area contributed by atoms with E-state index in [9.17, 15) is 4.79 Å². The van der Waals surface area contributed by atoms with Crippen molar-refractivity contribution in [2.45, 2.75) is 33.3 Å². The van der Waals surface area contributed by atoms with Gasteiger partial charge in [0.05, 0.1) is 6.92 Å². The summed E-state index contributed by atoms with van der Waals surface area (Å²) in [6, 6.07) is 9.76. The molecular weight excluding hydrogens is 200 g/mol. The normalized spacial score (nSPS) is 15.3. The molecule has 2 heteroatoms. The third-order valence-corrected chi connectivity index (χ3v) is 3.07. The van der Waals surface area contributed by atoms with Crippen LogP contribution in [0.3, 0.4) is 0 Å². The molecule has 0 spiro atoms. The van der Waals surface area contributed by atoms with Gasteiger partial charge in [0.2, 0.25) is 0 Å². The van der Waals surface area contributed by atoms with Crippen molar-refractivity contribution in [2.24, 2.45) is 5.41 Å². The zero-order chi connectivity index (χ0) is 12.4. The minimum atomic E-state index is -0.660. The second-order valence-electron chi connectivity index (χ2n) is 5.12. The Kier molecular flexibility index (Phi) is 3.41. The van der Waals surface area contributed by atoms with Crippen LogP contribution < -0.4 is 0 Å². The van der Waals surface area contributed by atoms with Crippen LogP contribution in [0.5, 0.6) is 0 Å². The van der Waals surface area contributed by atoms with Crippen LogP contribution in [0.4, 0.5) is 0 Å². The summed E-state index contributed by atoms with van der Waals surface area (Å²) in [4.78, 5) is 11.1. The maximum absolute atomic E-state index is 11.1. The number of esters is 1. The number of rotatable bonds is 2.